The Labute approximate surface area is 147 Å². The first-order valence-electron chi connectivity index (χ1n) is 7.77. The fourth-order valence-corrected chi connectivity index (χ4v) is 2.45. The number of nitrogens with one attached hydrogen (secondary N) is 2. The third kappa shape index (κ3) is 6.82. The number of piperazine rings is 1. The maximum atomic E-state index is 13.1. The molecule has 0 aromatic heterocycles. The summed E-state index contributed by atoms with van der Waals surface area (Å²) in [7, 11) is 1.79. The van der Waals surface area contributed by atoms with Crippen molar-refractivity contribution in [3.8, 4) is 0 Å². The number of hydrogen-bond acceptors (Lipinski definition) is 4. The van der Waals surface area contributed by atoms with E-state index in [1.807, 2.05) is 4.90 Å². The third-order valence-corrected chi connectivity index (χ3v) is 3.70. The Balaban J connectivity index is 0.00000288. The van der Waals surface area contributed by atoms with E-state index < -0.39 is 5.82 Å². The van der Waals surface area contributed by atoms with Gasteiger partial charge in [-0.05, 0) is 25.2 Å². The first-order valence-corrected chi connectivity index (χ1v) is 7.77. The SMILES string of the molecule is CN(CCC(=O)N1CCNCC1)CC(=O)Nc1cccc(F)c1.Cl. The molecule has 24 heavy (non-hydrogen) atoms. The average Bonchev–Trinajstić information content (AvgIpc) is 2.53. The van der Waals surface area contributed by atoms with Crippen molar-refractivity contribution in [1.82, 2.24) is 15.1 Å². The van der Waals surface area contributed by atoms with Crippen LogP contribution in [0, 0.1) is 5.82 Å². The van der Waals surface area contributed by atoms with Crippen LogP contribution in [0.1, 0.15) is 6.42 Å². The minimum Gasteiger partial charge on any atom is -0.340 e. The van der Waals surface area contributed by atoms with Crippen molar-refractivity contribution < 1.29 is 14.0 Å². The predicted octanol–water partition coefficient (Wildman–Crippen LogP) is 0.940. The molecule has 0 spiro atoms. The van der Waals surface area contributed by atoms with Crippen molar-refractivity contribution in [2.45, 2.75) is 6.42 Å². The molecule has 0 unspecified atom stereocenters. The van der Waals surface area contributed by atoms with Gasteiger partial charge in [0.05, 0.1) is 6.54 Å². The number of benzene rings is 1. The molecule has 0 atom stereocenters. The fourth-order valence-electron chi connectivity index (χ4n) is 2.45. The topological polar surface area (TPSA) is 64.7 Å². The van der Waals surface area contributed by atoms with Crippen LogP contribution in [0.4, 0.5) is 10.1 Å². The highest BCUT2D eigenvalue weighted by Gasteiger charge is 2.17. The van der Waals surface area contributed by atoms with Gasteiger partial charge in [0.1, 0.15) is 5.82 Å². The maximum Gasteiger partial charge on any atom is 0.238 e. The summed E-state index contributed by atoms with van der Waals surface area (Å²) in [6.45, 7) is 3.81. The van der Waals surface area contributed by atoms with Crippen LogP contribution >= 0.6 is 12.4 Å². The minimum absolute atomic E-state index is 0. The Morgan fingerprint density at radius 2 is 2.04 bits per heavy atom. The Morgan fingerprint density at radius 3 is 2.71 bits per heavy atom. The van der Waals surface area contributed by atoms with Crippen LogP contribution in [-0.4, -0.2) is 67.9 Å². The average molecular weight is 359 g/mol. The molecular formula is C16H24ClFN4O2. The van der Waals surface area contributed by atoms with E-state index in [1.165, 1.54) is 12.1 Å². The Morgan fingerprint density at radius 1 is 1.33 bits per heavy atom. The van der Waals surface area contributed by atoms with Crippen LogP contribution in [0.5, 0.6) is 0 Å². The van der Waals surface area contributed by atoms with Crippen molar-refractivity contribution in [3.05, 3.63) is 30.1 Å². The van der Waals surface area contributed by atoms with Gasteiger partial charge in [0, 0.05) is 44.8 Å². The zero-order valence-electron chi connectivity index (χ0n) is 13.8. The highest BCUT2D eigenvalue weighted by atomic mass is 35.5. The van der Waals surface area contributed by atoms with E-state index in [9.17, 15) is 14.0 Å². The second-order valence-corrected chi connectivity index (χ2v) is 5.68. The first-order chi connectivity index (χ1) is 11.0. The number of likely N-dealkylation sites (N-methyl/N-ethyl adjacent to an activating group) is 1. The summed E-state index contributed by atoms with van der Waals surface area (Å²) in [5.41, 5.74) is 0.431. The maximum absolute atomic E-state index is 13.1. The molecule has 2 rings (SSSR count). The van der Waals surface area contributed by atoms with Crippen LogP contribution in [-0.2, 0) is 9.59 Å². The summed E-state index contributed by atoms with van der Waals surface area (Å²) in [5, 5.41) is 5.84. The first kappa shape index (κ1) is 20.3. The quantitative estimate of drug-likeness (QED) is 0.794. The van der Waals surface area contributed by atoms with Gasteiger partial charge < -0.3 is 15.5 Å². The number of rotatable bonds is 6. The van der Waals surface area contributed by atoms with Gasteiger partial charge in [-0.2, -0.15) is 0 Å². The molecule has 1 heterocycles. The smallest absolute Gasteiger partial charge is 0.238 e. The molecule has 1 aromatic carbocycles. The van der Waals surface area contributed by atoms with E-state index in [4.69, 9.17) is 0 Å². The molecule has 1 aliphatic heterocycles. The van der Waals surface area contributed by atoms with Gasteiger partial charge in [0.25, 0.3) is 0 Å². The van der Waals surface area contributed by atoms with Gasteiger partial charge in [0.2, 0.25) is 11.8 Å². The number of halogens is 2. The molecule has 0 saturated carbocycles. The van der Waals surface area contributed by atoms with E-state index in [0.29, 0.717) is 18.7 Å². The number of carbonyl (C=O) groups excluding carboxylic acids is 2. The predicted molar refractivity (Wildman–Crippen MR) is 93.8 cm³/mol. The highest BCUT2D eigenvalue weighted by molar-refractivity contribution is 5.92. The molecule has 6 nitrogen and oxygen atoms in total. The van der Waals surface area contributed by atoms with Crippen LogP contribution < -0.4 is 10.6 Å². The second kappa shape index (κ2) is 10.2. The van der Waals surface area contributed by atoms with Crippen molar-refractivity contribution in [2.75, 3.05) is 51.6 Å². The largest absolute Gasteiger partial charge is 0.340 e. The summed E-state index contributed by atoms with van der Waals surface area (Å²) in [5.74, 6) is -0.505. The van der Waals surface area contributed by atoms with Crippen molar-refractivity contribution >= 4 is 29.9 Å². The van der Waals surface area contributed by atoms with E-state index in [0.717, 1.165) is 26.2 Å². The van der Waals surface area contributed by atoms with Crippen molar-refractivity contribution in [3.63, 3.8) is 0 Å². The number of carbonyl (C=O) groups is 2. The van der Waals surface area contributed by atoms with E-state index in [2.05, 4.69) is 10.6 Å². The lowest BCUT2D eigenvalue weighted by molar-refractivity contribution is -0.132. The third-order valence-electron chi connectivity index (χ3n) is 3.70. The van der Waals surface area contributed by atoms with Crippen LogP contribution in [0.15, 0.2) is 24.3 Å². The Bertz CT molecular complexity index is 553. The minimum atomic E-state index is -0.391. The molecule has 0 bridgehead atoms. The van der Waals surface area contributed by atoms with Crippen molar-refractivity contribution in [2.24, 2.45) is 0 Å². The van der Waals surface area contributed by atoms with E-state index in [-0.39, 0.29) is 30.8 Å². The van der Waals surface area contributed by atoms with Crippen molar-refractivity contribution in [1.29, 1.82) is 0 Å². The summed E-state index contributed by atoms with van der Waals surface area (Å²) in [4.78, 5) is 27.6. The molecule has 2 amide bonds. The van der Waals surface area contributed by atoms with Gasteiger partial charge in [-0.15, -0.1) is 12.4 Å². The zero-order chi connectivity index (χ0) is 16.7. The molecule has 1 fully saturated rings. The van der Waals surface area contributed by atoms with Gasteiger partial charge in [-0.3, -0.25) is 14.5 Å². The zero-order valence-corrected chi connectivity index (χ0v) is 14.6. The normalized spacial score (nSPS) is 14.2. The molecular weight excluding hydrogens is 335 g/mol. The van der Waals surface area contributed by atoms with Crippen LogP contribution in [0.2, 0.25) is 0 Å². The lowest BCUT2D eigenvalue weighted by Gasteiger charge is -2.28. The number of anilines is 1. The van der Waals surface area contributed by atoms with Gasteiger partial charge in [-0.1, -0.05) is 6.07 Å². The Hall–Kier alpha value is -1.70. The molecule has 1 saturated heterocycles. The van der Waals surface area contributed by atoms with E-state index in [1.54, 1.807) is 24.1 Å². The lowest BCUT2D eigenvalue weighted by atomic mass is 10.3. The standard InChI is InChI=1S/C16H23FN4O2.ClH/c1-20(8-5-16(23)21-9-6-18-7-10-21)12-15(22)19-14-4-2-3-13(17)11-14;/h2-4,11,18H,5-10,12H2,1H3,(H,19,22);1H. The monoisotopic (exact) mass is 358 g/mol. The summed E-state index contributed by atoms with van der Waals surface area (Å²) in [6, 6.07) is 5.77. The number of hydrogen-bond donors (Lipinski definition) is 2. The molecule has 1 aromatic rings. The molecule has 8 heteroatoms. The summed E-state index contributed by atoms with van der Waals surface area (Å²) < 4.78 is 13.1. The van der Waals surface area contributed by atoms with Gasteiger partial charge in [-0.25, -0.2) is 4.39 Å². The molecule has 2 N–H and O–H groups in total. The lowest BCUT2D eigenvalue weighted by Crippen LogP contribution is -2.47. The summed E-state index contributed by atoms with van der Waals surface area (Å²) in [6.07, 6.45) is 0.393. The molecule has 134 valence electrons. The number of nitrogens with zero attached hydrogens (tertiary/aromatic N) is 2. The Kier molecular flexibility index (Phi) is 8.67. The second-order valence-electron chi connectivity index (χ2n) is 5.68. The van der Waals surface area contributed by atoms with Crippen LogP contribution in [0.3, 0.4) is 0 Å². The van der Waals surface area contributed by atoms with Crippen LogP contribution in [0.25, 0.3) is 0 Å². The van der Waals surface area contributed by atoms with E-state index >= 15 is 0 Å². The van der Waals surface area contributed by atoms with Gasteiger partial charge in [0.15, 0.2) is 0 Å². The highest BCUT2D eigenvalue weighted by Crippen LogP contribution is 2.09. The molecule has 1 aliphatic rings. The summed E-state index contributed by atoms with van der Waals surface area (Å²) >= 11 is 0. The fraction of sp³-hybridized carbons (Fsp3) is 0.500. The molecule has 0 radical (unpaired) electrons. The molecule has 0 aliphatic carbocycles. The van der Waals surface area contributed by atoms with Gasteiger partial charge >= 0.3 is 0 Å². The number of amides is 2.